The molecule has 0 bridgehead atoms. The molecule has 1 fully saturated rings. The predicted molar refractivity (Wildman–Crippen MR) is 70.0 cm³/mol. The summed E-state index contributed by atoms with van der Waals surface area (Å²) in [6, 6.07) is 9.20. The lowest BCUT2D eigenvalue weighted by atomic mass is 9.99. The number of Topliss-reactive ketones (excluding diaryl/α,β-unsaturated/α-hetero) is 1. The molecular weight excluding hydrogens is 240 g/mol. The van der Waals surface area contributed by atoms with Crippen LogP contribution in [-0.4, -0.2) is 15.9 Å². The van der Waals surface area contributed by atoms with Crippen molar-refractivity contribution < 1.29 is 9.32 Å². The molecule has 1 aromatic carbocycles. The number of rotatable bonds is 4. The minimum Gasteiger partial charge on any atom is -0.339 e. The Labute approximate surface area is 111 Å². The Bertz CT molecular complexity index is 591. The smallest absolute Gasteiger partial charge is 0.237 e. The van der Waals surface area contributed by atoms with Gasteiger partial charge in [0.2, 0.25) is 5.89 Å². The number of hydrogen-bond acceptors (Lipinski definition) is 4. The molecule has 0 N–H and O–H groups in total. The fourth-order valence-electron chi connectivity index (χ4n) is 2.22. The van der Waals surface area contributed by atoms with Gasteiger partial charge in [-0.3, -0.25) is 4.79 Å². The summed E-state index contributed by atoms with van der Waals surface area (Å²) in [5, 5.41) is 3.99. The predicted octanol–water partition coefficient (Wildman–Crippen LogP) is 3.18. The molecule has 1 aliphatic rings. The van der Waals surface area contributed by atoms with Crippen LogP contribution in [0.3, 0.4) is 0 Å². The van der Waals surface area contributed by atoms with Crippen LogP contribution in [0.15, 0.2) is 34.9 Å². The zero-order chi connectivity index (χ0) is 13.4. The van der Waals surface area contributed by atoms with Crippen LogP contribution in [0.1, 0.15) is 54.2 Å². The largest absolute Gasteiger partial charge is 0.339 e. The lowest BCUT2D eigenvalue weighted by Crippen LogP contribution is -2.09. The van der Waals surface area contributed by atoms with E-state index in [1.165, 1.54) is 0 Å². The molecule has 0 amide bonds. The van der Waals surface area contributed by atoms with Crippen molar-refractivity contribution >= 4 is 5.78 Å². The van der Waals surface area contributed by atoms with Gasteiger partial charge in [-0.1, -0.05) is 42.4 Å². The van der Waals surface area contributed by atoms with Crippen LogP contribution in [-0.2, 0) is 0 Å². The summed E-state index contributed by atoms with van der Waals surface area (Å²) in [4.78, 5) is 16.6. The van der Waals surface area contributed by atoms with Crippen molar-refractivity contribution in [1.29, 1.82) is 0 Å². The zero-order valence-electron chi connectivity index (χ0n) is 11.0. The highest BCUT2D eigenvalue weighted by molar-refractivity contribution is 6.00. The van der Waals surface area contributed by atoms with Crippen LogP contribution >= 0.6 is 0 Å². The van der Waals surface area contributed by atoms with Gasteiger partial charge < -0.3 is 4.52 Å². The van der Waals surface area contributed by atoms with E-state index in [0.717, 1.165) is 12.2 Å². The monoisotopic (exact) mass is 256 g/mol. The van der Waals surface area contributed by atoms with Gasteiger partial charge in [-0.2, -0.15) is 4.98 Å². The number of carbonyl (C=O) groups is 1. The molecule has 1 saturated carbocycles. The van der Waals surface area contributed by atoms with Crippen molar-refractivity contribution in [2.75, 3.05) is 0 Å². The highest BCUT2D eigenvalue weighted by Crippen LogP contribution is 2.45. The second kappa shape index (κ2) is 4.61. The van der Waals surface area contributed by atoms with Gasteiger partial charge in [-0.25, -0.2) is 0 Å². The van der Waals surface area contributed by atoms with Crippen LogP contribution in [0.2, 0.25) is 0 Å². The van der Waals surface area contributed by atoms with Crippen LogP contribution in [0.4, 0.5) is 0 Å². The zero-order valence-corrected chi connectivity index (χ0v) is 11.0. The highest BCUT2D eigenvalue weighted by atomic mass is 16.5. The molecule has 0 radical (unpaired) electrons. The van der Waals surface area contributed by atoms with Gasteiger partial charge in [-0.15, -0.1) is 0 Å². The van der Waals surface area contributed by atoms with Crippen LogP contribution < -0.4 is 0 Å². The Hall–Kier alpha value is -1.97. The SMILES string of the molecule is CC(C(=O)c1ccccc1)c1nc(C2CC2C)no1. The van der Waals surface area contributed by atoms with Gasteiger partial charge in [-0.05, 0) is 19.3 Å². The van der Waals surface area contributed by atoms with E-state index in [-0.39, 0.29) is 5.78 Å². The molecule has 0 saturated heterocycles. The first-order valence-electron chi connectivity index (χ1n) is 6.59. The maximum Gasteiger partial charge on any atom is 0.237 e. The van der Waals surface area contributed by atoms with Crippen molar-refractivity contribution in [2.24, 2.45) is 5.92 Å². The first-order chi connectivity index (χ1) is 9.16. The van der Waals surface area contributed by atoms with Gasteiger partial charge >= 0.3 is 0 Å². The van der Waals surface area contributed by atoms with Gasteiger partial charge in [0.15, 0.2) is 11.6 Å². The third-order valence-electron chi connectivity index (χ3n) is 3.72. The number of hydrogen-bond donors (Lipinski definition) is 0. The van der Waals surface area contributed by atoms with Gasteiger partial charge in [0.25, 0.3) is 0 Å². The third kappa shape index (κ3) is 2.30. The van der Waals surface area contributed by atoms with E-state index in [1.54, 1.807) is 12.1 Å². The molecule has 3 unspecified atom stereocenters. The maximum atomic E-state index is 12.3. The first-order valence-corrected chi connectivity index (χ1v) is 6.59. The van der Waals surface area contributed by atoms with Crippen molar-refractivity contribution in [3.63, 3.8) is 0 Å². The van der Waals surface area contributed by atoms with E-state index >= 15 is 0 Å². The molecular formula is C15H16N2O2. The summed E-state index contributed by atoms with van der Waals surface area (Å²) in [5.74, 6) is 1.83. The summed E-state index contributed by atoms with van der Waals surface area (Å²) in [5.41, 5.74) is 0.675. The Kier molecular flexibility index (Phi) is 2.93. The first kappa shape index (κ1) is 12.1. The third-order valence-corrected chi connectivity index (χ3v) is 3.72. The molecule has 1 heterocycles. The number of nitrogens with zero attached hydrogens (tertiary/aromatic N) is 2. The van der Waals surface area contributed by atoms with E-state index in [0.29, 0.717) is 23.3 Å². The van der Waals surface area contributed by atoms with Crippen molar-refractivity contribution in [3.8, 4) is 0 Å². The lowest BCUT2D eigenvalue weighted by Gasteiger charge is -2.04. The molecule has 98 valence electrons. The van der Waals surface area contributed by atoms with Crippen molar-refractivity contribution in [1.82, 2.24) is 10.1 Å². The second-order valence-corrected chi connectivity index (χ2v) is 5.26. The standard InChI is InChI=1S/C15H16N2O2/c1-9-8-12(9)14-16-15(19-17-14)10(2)13(18)11-6-4-3-5-7-11/h3-7,9-10,12H,8H2,1-2H3. The summed E-state index contributed by atoms with van der Waals surface area (Å²) in [6.07, 6.45) is 1.11. The average molecular weight is 256 g/mol. The van der Waals surface area contributed by atoms with Crippen LogP contribution in [0, 0.1) is 5.92 Å². The Morgan fingerprint density at radius 1 is 1.37 bits per heavy atom. The minimum absolute atomic E-state index is 0.0136. The highest BCUT2D eigenvalue weighted by Gasteiger charge is 2.38. The molecule has 1 aliphatic carbocycles. The number of aromatic nitrogens is 2. The number of benzene rings is 1. The number of ketones is 1. The maximum absolute atomic E-state index is 12.3. The molecule has 0 aliphatic heterocycles. The second-order valence-electron chi connectivity index (χ2n) is 5.26. The molecule has 2 aromatic rings. The minimum atomic E-state index is -0.391. The van der Waals surface area contributed by atoms with Crippen molar-refractivity contribution in [3.05, 3.63) is 47.6 Å². The summed E-state index contributed by atoms with van der Waals surface area (Å²) < 4.78 is 5.24. The molecule has 4 nitrogen and oxygen atoms in total. The van der Waals surface area contributed by atoms with E-state index in [2.05, 4.69) is 17.1 Å². The molecule has 1 aromatic heterocycles. The molecule has 3 atom stereocenters. The van der Waals surface area contributed by atoms with Gasteiger partial charge in [0, 0.05) is 11.5 Å². The number of carbonyl (C=O) groups excluding carboxylic acids is 1. The van der Waals surface area contributed by atoms with Crippen LogP contribution in [0.25, 0.3) is 0 Å². The van der Waals surface area contributed by atoms with Gasteiger partial charge in [0.05, 0.1) is 5.92 Å². The average Bonchev–Trinajstić information content (AvgIpc) is 2.99. The lowest BCUT2D eigenvalue weighted by molar-refractivity contribution is 0.0951. The Morgan fingerprint density at radius 3 is 2.68 bits per heavy atom. The van der Waals surface area contributed by atoms with Gasteiger partial charge in [0.1, 0.15) is 0 Å². The fourth-order valence-corrected chi connectivity index (χ4v) is 2.22. The molecule has 0 spiro atoms. The normalized spacial score (nSPS) is 23.1. The van der Waals surface area contributed by atoms with E-state index in [4.69, 9.17) is 4.52 Å². The molecule has 3 rings (SSSR count). The van der Waals surface area contributed by atoms with Crippen LogP contribution in [0.5, 0.6) is 0 Å². The van der Waals surface area contributed by atoms with E-state index < -0.39 is 5.92 Å². The Balaban J connectivity index is 1.78. The summed E-state index contributed by atoms with van der Waals surface area (Å²) >= 11 is 0. The molecule has 4 heteroatoms. The summed E-state index contributed by atoms with van der Waals surface area (Å²) in [6.45, 7) is 3.97. The molecule has 19 heavy (non-hydrogen) atoms. The quantitative estimate of drug-likeness (QED) is 0.788. The van der Waals surface area contributed by atoms with E-state index in [1.807, 2.05) is 25.1 Å². The Morgan fingerprint density at radius 2 is 2.05 bits per heavy atom. The van der Waals surface area contributed by atoms with E-state index in [9.17, 15) is 4.79 Å². The summed E-state index contributed by atoms with van der Waals surface area (Å²) in [7, 11) is 0. The van der Waals surface area contributed by atoms with Crippen molar-refractivity contribution in [2.45, 2.75) is 32.1 Å². The fraction of sp³-hybridized carbons (Fsp3) is 0.400. The topological polar surface area (TPSA) is 56.0 Å².